The minimum Gasteiger partial charge on any atom is -0.382 e. The highest BCUT2D eigenvalue weighted by molar-refractivity contribution is 7.91. The van der Waals surface area contributed by atoms with Crippen LogP contribution < -0.4 is 11.5 Å². The molecule has 0 unspecified atom stereocenters. The van der Waals surface area contributed by atoms with E-state index >= 15 is 0 Å². The standard InChI is InChI=1S/C19H19N7O12S4/c20-18-15(25-23-11-1-3-12(4-2-11)39(27,28)8-7-38-42(35,36)37)10-16(19(21)22-18)26-24-14-9-13(40(29,30)31)5-6-17(14)41(32,33)34/h1-6,9-10H,7-8H2,(H4,20,21,22)(H,29,30,31)(H,32,33,34)(H,35,36,37)/b25-23+,26-24+. The lowest BCUT2D eigenvalue weighted by Gasteiger charge is -2.06. The van der Waals surface area contributed by atoms with Crippen molar-refractivity contribution < 1.29 is 51.5 Å². The van der Waals surface area contributed by atoms with Gasteiger partial charge in [0.15, 0.2) is 21.5 Å². The third kappa shape index (κ3) is 8.76. The quantitative estimate of drug-likeness (QED) is 0.145. The molecule has 19 nitrogen and oxygen atoms in total. The van der Waals surface area contributed by atoms with Crippen molar-refractivity contribution in [3.8, 4) is 0 Å². The number of pyridine rings is 1. The number of hydrogen-bond acceptors (Lipinski definition) is 16. The van der Waals surface area contributed by atoms with Crippen molar-refractivity contribution in [1.29, 1.82) is 0 Å². The maximum atomic E-state index is 12.3. The van der Waals surface area contributed by atoms with Gasteiger partial charge in [-0.3, -0.25) is 13.7 Å². The molecule has 23 heteroatoms. The van der Waals surface area contributed by atoms with E-state index in [-0.39, 0.29) is 33.6 Å². The fraction of sp³-hybridized carbons (Fsp3) is 0.105. The predicted molar refractivity (Wildman–Crippen MR) is 143 cm³/mol. The number of benzene rings is 2. The third-order valence-corrected chi connectivity index (χ3v) is 8.77. The fourth-order valence-electron chi connectivity index (χ4n) is 2.94. The number of hydrogen-bond donors (Lipinski definition) is 5. The van der Waals surface area contributed by atoms with Crippen LogP contribution in [0.25, 0.3) is 0 Å². The second-order valence-corrected chi connectivity index (χ2v) is 13.9. The lowest BCUT2D eigenvalue weighted by Crippen LogP contribution is -2.15. The number of nitrogens with two attached hydrogens (primary N) is 2. The van der Waals surface area contributed by atoms with Gasteiger partial charge in [-0.1, -0.05) is 0 Å². The van der Waals surface area contributed by atoms with Crippen LogP contribution in [-0.4, -0.2) is 64.7 Å². The summed E-state index contributed by atoms with van der Waals surface area (Å²) in [5.41, 5.74) is 10.6. The molecule has 0 spiro atoms. The van der Waals surface area contributed by atoms with E-state index in [2.05, 4.69) is 29.6 Å². The van der Waals surface area contributed by atoms with Crippen molar-refractivity contribution in [3.05, 3.63) is 48.5 Å². The first-order valence-electron chi connectivity index (χ1n) is 10.7. The Morgan fingerprint density at radius 2 is 1.19 bits per heavy atom. The lowest BCUT2D eigenvalue weighted by atomic mass is 10.3. The largest absolute Gasteiger partial charge is 0.397 e. The molecule has 0 saturated heterocycles. The average molecular weight is 666 g/mol. The van der Waals surface area contributed by atoms with Gasteiger partial charge in [0, 0.05) is 6.07 Å². The number of nitrogen functional groups attached to an aromatic ring is 2. The zero-order chi connectivity index (χ0) is 31.5. The first-order chi connectivity index (χ1) is 19.3. The maximum Gasteiger partial charge on any atom is 0.397 e. The molecule has 0 aliphatic rings. The molecule has 0 bridgehead atoms. The molecule has 3 aromatic rings. The van der Waals surface area contributed by atoms with Gasteiger partial charge in [0.1, 0.15) is 22.0 Å². The summed E-state index contributed by atoms with van der Waals surface area (Å²) in [5, 5.41) is 15.1. The second kappa shape index (κ2) is 12.1. The smallest absolute Gasteiger partial charge is 0.382 e. The zero-order valence-electron chi connectivity index (χ0n) is 20.6. The molecule has 42 heavy (non-hydrogen) atoms. The Morgan fingerprint density at radius 1 is 0.667 bits per heavy atom. The van der Waals surface area contributed by atoms with E-state index in [1.165, 1.54) is 12.1 Å². The van der Waals surface area contributed by atoms with Crippen molar-refractivity contribution in [3.63, 3.8) is 0 Å². The van der Waals surface area contributed by atoms with E-state index in [0.29, 0.717) is 12.1 Å². The summed E-state index contributed by atoms with van der Waals surface area (Å²) in [4.78, 5) is 2.02. The van der Waals surface area contributed by atoms with Crippen molar-refractivity contribution in [2.45, 2.75) is 14.7 Å². The molecular weight excluding hydrogens is 647 g/mol. The van der Waals surface area contributed by atoms with E-state index < -0.39 is 68.3 Å². The Morgan fingerprint density at radius 3 is 1.71 bits per heavy atom. The molecule has 7 N–H and O–H groups in total. The molecule has 0 saturated carbocycles. The van der Waals surface area contributed by atoms with Crippen molar-refractivity contribution in [1.82, 2.24) is 4.98 Å². The molecule has 0 fully saturated rings. The highest BCUT2D eigenvalue weighted by atomic mass is 32.3. The summed E-state index contributed by atoms with van der Waals surface area (Å²) in [6.07, 6.45) is 0. The number of azo groups is 2. The summed E-state index contributed by atoms with van der Waals surface area (Å²) in [7, 11) is -18.5. The fourth-order valence-corrected chi connectivity index (χ4v) is 5.54. The van der Waals surface area contributed by atoms with Gasteiger partial charge in [0.25, 0.3) is 20.2 Å². The highest BCUT2D eigenvalue weighted by Crippen LogP contribution is 2.34. The Labute approximate surface area is 238 Å². The average Bonchev–Trinajstić information content (AvgIpc) is 2.85. The van der Waals surface area contributed by atoms with Crippen LogP contribution in [0.5, 0.6) is 0 Å². The molecule has 2 aromatic carbocycles. The van der Waals surface area contributed by atoms with Gasteiger partial charge in [-0.25, -0.2) is 17.6 Å². The van der Waals surface area contributed by atoms with Gasteiger partial charge >= 0.3 is 10.4 Å². The van der Waals surface area contributed by atoms with Crippen molar-refractivity contribution >= 4 is 74.9 Å². The third-order valence-electron chi connectivity index (χ3n) is 4.86. The molecule has 0 radical (unpaired) electrons. The molecule has 0 amide bonds. The topological polar surface area (TPSA) is 321 Å². The van der Waals surface area contributed by atoms with Crippen LogP contribution in [0.15, 0.2) is 83.7 Å². The predicted octanol–water partition coefficient (Wildman–Crippen LogP) is 2.16. The van der Waals surface area contributed by atoms with Gasteiger partial charge in [0.05, 0.1) is 27.8 Å². The minimum absolute atomic E-state index is 0.126. The first kappa shape index (κ1) is 32.5. The Bertz CT molecular complexity index is 2010. The van der Waals surface area contributed by atoms with Gasteiger partial charge in [-0.2, -0.15) is 30.4 Å². The van der Waals surface area contributed by atoms with E-state index in [1.54, 1.807) is 0 Å². The number of rotatable bonds is 11. The maximum absolute atomic E-state index is 12.3. The van der Waals surface area contributed by atoms with Crippen molar-refractivity contribution in [2.24, 2.45) is 20.5 Å². The highest BCUT2D eigenvalue weighted by Gasteiger charge is 2.20. The Balaban J connectivity index is 1.88. The lowest BCUT2D eigenvalue weighted by molar-refractivity contribution is 0.284. The summed E-state index contributed by atoms with van der Waals surface area (Å²) >= 11 is 0. The van der Waals surface area contributed by atoms with E-state index in [9.17, 15) is 42.8 Å². The number of aromatic nitrogens is 1. The van der Waals surface area contributed by atoms with Gasteiger partial charge < -0.3 is 11.5 Å². The van der Waals surface area contributed by atoms with Crippen LogP contribution in [0.2, 0.25) is 0 Å². The molecular formula is C19H19N7O12S4. The Hall–Kier alpha value is -3.97. The van der Waals surface area contributed by atoms with Crippen LogP contribution in [0, 0.1) is 0 Å². The van der Waals surface area contributed by atoms with E-state index in [1.807, 2.05) is 0 Å². The number of nitrogens with zero attached hydrogens (tertiary/aromatic N) is 5. The number of anilines is 2. The van der Waals surface area contributed by atoms with E-state index in [4.69, 9.17) is 16.0 Å². The van der Waals surface area contributed by atoms with Gasteiger partial charge in [-0.15, -0.1) is 15.3 Å². The van der Waals surface area contributed by atoms with Crippen LogP contribution in [0.1, 0.15) is 0 Å². The molecule has 1 heterocycles. The zero-order valence-corrected chi connectivity index (χ0v) is 23.8. The van der Waals surface area contributed by atoms with Crippen LogP contribution in [0.4, 0.5) is 34.4 Å². The summed E-state index contributed by atoms with van der Waals surface area (Å²) in [6.45, 7) is -0.811. The summed E-state index contributed by atoms with van der Waals surface area (Å²) in [5.74, 6) is -1.30. The molecule has 1 aromatic heterocycles. The summed E-state index contributed by atoms with van der Waals surface area (Å²) < 4.78 is 123. The van der Waals surface area contributed by atoms with Crippen LogP contribution in [-0.2, 0) is 44.7 Å². The summed E-state index contributed by atoms with van der Waals surface area (Å²) in [6, 6.07) is 7.95. The number of sulfone groups is 1. The molecule has 0 aliphatic heterocycles. The van der Waals surface area contributed by atoms with Crippen LogP contribution >= 0.6 is 0 Å². The van der Waals surface area contributed by atoms with Gasteiger partial charge in [-0.05, 0) is 42.5 Å². The van der Waals surface area contributed by atoms with Crippen molar-refractivity contribution in [2.75, 3.05) is 23.8 Å². The molecule has 226 valence electrons. The Kier molecular flexibility index (Phi) is 9.38. The van der Waals surface area contributed by atoms with Gasteiger partial charge in [0.2, 0.25) is 0 Å². The SMILES string of the molecule is Nc1nc(N)c(/N=N/c2cc(S(=O)(=O)O)ccc2S(=O)(=O)O)cc1/N=N/c1ccc(S(=O)(=O)CCOS(=O)(=O)O)cc1. The van der Waals surface area contributed by atoms with Crippen LogP contribution in [0.3, 0.4) is 0 Å². The second-order valence-electron chi connectivity index (χ2n) is 7.84. The molecule has 3 rings (SSSR count). The normalized spacial score (nSPS) is 13.2. The monoisotopic (exact) mass is 665 g/mol. The molecule has 0 aliphatic carbocycles. The molecule has 0 atom stereocenters. The minimum atomic E-state index is -4.90. The van der Waals surface area contributed by atoms with E-state index in [0.717, 1.165) is 24.3 Å². The first-order valence-corrected chi connectivity index (χ1v) is 16.6.